The zero-order chi connectivity index (χ0) is 14.5. The van der Waals surface area contributed by atoms with E-state index in [1.54, 1.807) is 7.05 Å². The molecule has 0 aliphatic rings. The van der Waals surface area contributed by atoms with Gasteiger partial charge in [0.05, 0.1) is 5.75 Å². The van der Waals surface area contributed by atoms with Gasteiger partial charge in [0.2, 0.25) is 10.0 Å². The van der Waals surface area contributed by atoms with Crippen LogP contribution >= 0.6 is 0 Å². The summed E-state index contributed by atoms with van der Waals surface area (Å²) in [7, 11) is 0.285. The van der Waals surface area contributed by atoms with Crippen LogP contribution in [0.25, 0.3) is 0 Å². The van der Waals surface area contributed by atoms with E-state index in [0.29, 0.717) is 0 Å². The summed E-state index contributed by atoms with van der Waals surface area (Å²) in [6.07, 6.45) is 0.815. The summed E-state index contributed by atoms with van der Waals surface area (Å²) in [5, 5.41) is 3.06. The van der Waals surface area contributed by atoms with Crippen molar-refractivity contribution in [2.24, 2.45) is 0 Å². The molecular weight excluding hydrogens is 260 g/mol. The minimum absolute atomic E-state index is 0.0329. The molecule has 1 rings (SSSR count). The van der Waals surface area contributed by atoms with Gasteiger partial charge < -0.3 is 5.32 Å². The van der Waals surface area contributed by atoms with Gasteiger partial charge in [0.1, 0.15) is 0 Å². The molecule has 1 aromatic rings. The van der Waals surface area contributed by atoms with E-state index in [-0.39, 0.29) is 11.8 Å². The standard InChI is InChI=1S/C14H24N2O2S/c1-5-12(2)16(4)19(17,18)11-14-8-6-7-13(9-14)10-15-3/h6-9,12,15H,5,10-11H2,1-4H3. The molecule has 0 amide bonds. The summed E-state index contributed by atoms with van der Waals surface area (Å²) >= 11 is 0. The summed E-state index contributed by atoms with van der Waals surface area (Å²) in [5.41, 5.74) is 1.93. The summed E-state index contributed by atoms with van der Waals surface area (Å²) in [4.78, 5) is 0. The summed E-state index contributed by atoms with van der Waals surface area (Å²) in [5.74, 6) is 0.0609. The van der Waals surface area contributed by atoms with Crippen molar-refractivity contribution in [2.45, 2.75) is 38.6 Å². The topological polar surface area (TPSA) is 49.4 Å². The van der Waals surface area contributed by atoms with E-state index in [2.05, 4.69) is 5.32 Å². The van der Waals surface area contributed by atoms with Gasteiger partial charge in [-0.15, -0.1) is 0 Å². The van der Waals surface area contributed by atoms with Crippen LogP contribution in [-0.2, 0) is 22.3 Å². The molecule has 0 aliphatic carbocycles. The van der Waals surface area contributed by atoms with Crippen LogP contribution < -0.4 is 5.32 Å². The third kappa shape index (κ3) is 4.60. The molecule has 1 N–H and O–H groups in total. The molecule has 0 aliphatic heterocycles. The smallest absolute Gasteiger partial charge is 0.218 e. The molecule has 0 spiro atoms. The van der Waals surface area contributed by atoms with Crippen molar-refractivity contribution in [1.82, 2.24) is 9.62 Å². The maximum atomic E-state index is 12.3. The highest BCUT2D eigenvalue weighted by molar-refractivity contribution is 7.88. The molecule has 0 heterocycles. The Morgan fingerprint density at radius 2 is 1.95 bits per heavy atom. The molecule has 19 heavy (non-hydrogen) atoms. The van der Waals surface area contributed by atoms with Gasteiger partial charge in [-0.1, -0.05) is 31.2 Å². The molecule has 0 saturated carbocycles. The normalized spacial score (nSPS) is 13.7. The van der Waals surface area contributed by atoms with Crippen LogP contribution in [0.1, 0.15) is 31.4 Å². The molecular formula is C14H24N2O2S. The van der Waals surface area contributed by atoms with Crippen molar-refractivity contribution >= 4 is 10.0 Å². The van der Waals surface area contributed by atoms with Crippen LogP contribution in [0.4, 0.5) is 0 Å². The molecule has 4 nitrogen and oxygen atoms in total. The third-order valence-corrected chi connectivity index (χ3v) is 5.31. The molecule has 1 atom stereocenters. The van der Waals surface area contributed by atoms with Gasteiger partial charge in [0.25, 0.3) is 0 Å². The Morgan fingerprint density at radius 3 is 2.53 bits per heavy atom. The minimum Gasteiger partial charge on any atom is -0.316 e. The fourth-order valence-electron chi connectivity index (χ4n) is 1.88. The Balaban J connectivity index is 2.86. The lowest BCUT2D eigenvalue weighted by atomic mass is 10.1. The Morgan fingerprint density at radius 1 is 1.32 bits per heavy atom. The van der Waals surface area contributed by atoms with E-state index in [1.807, 2.05) is 45.2 Å². The van der Waals surface area contributed by atoms with E-state index in [9.17, 15) is 8.42 Å². The highest BCUT2D eigenvalue weighted by atomic mass is 32.2. The Labute approximate surface area is 116 Å². The minimum atomic E-state index is -3.24. The van der Waals surface area contributed by atoms with E-state index in [0.717, 1.165) is 24.1 Å². The van der Waals surface area contributed by atoms with E-state index in [4.69, 9.17) is 0 Å². The van der Waals surface area contributed by atoms with Crippen molar-refractivity contribution in [2.75, 3.05) is 14.1 Å². The first-order valence-electron chi connectivity index (χ1n) is 6.58. The first-order chi connectivity index (χ1) is 8.90. The Kier molecular flexibility index (Phi) is 5.97. The number of nitrogens with zero attached hydrogens (tertiary/aromatic N) is 1. The molecule has 0 radical (unpaired) electrons. The number of benzene rings is 1. The summed E-state index contributed by atoms with van der Waals surface area (Å²) in [6.45, 7) is 4.66. The van der Waals surface area contributed by atoms with Crippen LogP contribution in [0.3, 0.4) is 0 Å². The fourth-order valence-corrected chi connectivity index (χ4v) is 3.38. The number of nitrogens with one attached hydrogen (secondary N) is 1. The average Bonchev–Trinajstić information content (AvgIpc) is 2.37. The van der Waals surface area contributed by atoms with Crippen LogP contribution in [0.2, 0.25) is 0 Å². The van der Waals surface area contributed by atoms with Gasteiger partial charge in [-0.25, -0.2) is 12.7 Å². The molecule has 0 bridgehead atoms. The van der Waals surface area contributed by atoms with Crippen molar-refractivity contribution in [3.63, 3.8) is 0 Å². The van der Waals surface area contributed by atoms with Crippen molar-refractivity contribution in [3.8, 4) is 0 Å². The van der Waals surface area contributed by atoms with Gasteiger partial charge in [-0.05, 0) is 31.5 Å². The van der Waals surface area contributed by atoms with Crippen LogP contribution in [-0.4, -0.2) is 32.9 Å². The van der Waals surface area contributed by atoms with Crippen LogP contribution in [0, 0.1) is 0 Å². The van der Waals surface area contributed by atoms with Crippen molar-refractivity contribution in [1.29, 1.82) is 0 Å². The molecule has 1 aromatic carbocycles. The highest BCUT2D eigenvalue weighted by Gasteiger charge is 2.22. The van der Waals surface area contributed by atoms with Gasteiger partial charge in [0, 0.05) is 19.6 Å². The predicted octanol–water partition coefficient (Wildman–Crippen LogP) is 1.97. The van der Waals surface area contributed by atoms with Crippen molar-refractivity contribution < 1.29 is 8.42 Å². The number of rotatable bonds is 7. The number of hydrogen-bond acceptors (Lipinski definition) is 3. The maximum Gasteiger partial charge on any atom is 0.218 e. The first kappa shape index (κ1) is 16.1. The maximum absolute atomic E-state index is 12.3. The molecule has 5 heteroatoms. The Bertz CT molecular complexity index is 500. The van der Waals surface area contributed by atoms with Gasteiger partial charge in [-0.2, -0.15) is 0 Å². The zero-order valence-electron chi connectivity index (χ0n) is 12.2. The lowest BCUT2D eigenvalue weighted by molar-refractivity contribution is 0.380. The van der Waals surface area contributed by atoms with Crippen LogP contribution in [0.15, 0.2) is 24.3 Å². The summed E-state index contributed by atoms with van der Waals surface area (Å²) < 4.78 is 26.0. The molecule has 0 saturated heterocycles. The van der Waals surface area contributed by atoms with Crippen molar-refractivity contribution in [3.05, 3.63) is 35.4 Å². The quantitative estimate of drug-likeness (QED) is 0.833. The highest BCUT2D eigenvalue weighted by Crippen LogP contribution is 2.14. The average molecular weight is 284 g/mol. The first-order valence-corrected chi connectivity index (χ1v) is 8.19. The second-order valence-electron chi connectivity index (χ2n) is 4.88. The Hall–Kier alpha value is -0.910. The van der Waals surface area contributed by atoms with Crippen LogP contribution in [0.5, 0.6) is 0 Å². The third-order valence-electron chi connectivity index (χ3n) is 3.37. The molecule has 1 unspecified atom stereocenters. The lowest BCUT2D eigenvalue weighted by Crippen LogP contribution is -2.35. The van der Waals surface area contributed by atoms with Gasteiger partial charge in [0.15, 0.2) is 0 Å². The van der Waals surface area contributed by atoms with Gasteiger partial charge in [-0.3, -0.25) is 0 Å². The predicted molar refractivity (Wildman–Crippen MR) is 79.3 cm³/mol. The number of sulfonamides is 1. The molecule has 0 aromatic heterocycles. The monoisotopic (exact) mass is 284 g/mol. The molecule has 0 fully saturated rings. The zero-order valence-corrected chi connectivity index (χ0v) is 13.0. The second kappa shape index (κ2) is 7.03. The second-order valence-corrected chi connectivity index (χ2v) is 6.91. The number of hydrogen-bond donors (Lipinski definition) is 1. The largest absolute Gasteiger partial charge is 0.316 e. The fraction of sp³-hybridized carbons (Fsp3) is 0.571. The summed E-state index contributed by atoms with van der Waals surface area (Å²) in [6, 6.07) is 7.73. The van der Waals surface area contributed by atoms with E-state index in [1.165, 1.54) is 4.31 Å². The molecule has 108 valence electrons. The van der Waals surface area contributed by atoms with E-state index < -0.39 is 10.0 Å². The van der Waals surface area contributed by atoms with Gasteiger partial charge >= 0.3 is 0 Å². The SMILES string of the molecule is CCC(C)N(C)S(=O)(=O)Cc1cccc(CNC)c1. The van der Waals surface area contributed by atoms with E-state index >= 15 is 0 Å². The lowest BCUT2D eigenvalue weighted by Gasteiger charge is -2.23.